The third kappa shape index (κ3) is 3.43. The molecule has 24 heavy (non-hydrogen) atoms. The molecular weight excluding hydrogens is 304 g/mol. The van der Waals surface area contributed by atoms with Crippen LogP contribution in [0.2, 0.25) is 0 Å². The van der Waals surface area contributed by atoms with Crippen molar-refractivity contribution in [3.8, 4) is 5.69 Å². The van der Waals surface area contributed by atoms with Crippen LogP contribution in [0.4, 0.5) is 0 Å². The van der Waals surface area contributed by atoms with E-state index in [1.165, 1.54) is 12.4 Å². The van der Waals surface area contributed by atoms with Crippen molar-refractivity contribution in [1.29, 1.82) is 0 Å². The van der Waals surface area contributed by atoms with Crippen molar-refractivity contribution in [3.05, 3.63) is 72.7 Å². The van der Waals surface area contributed by atoms with Gasteiger partial charge in [-0.25, -0.2) is 9.67 Å². The molecule has 0 fully saturated rings. The van der Waals surface area contributed by atoms with E-state index < -0.39 is 0 Å². The van der Waals surface area contributed by atoms with Gasteiger partial charge in [0.25, 0.3) is 0 Å². The van der Waals surface area contributed by atoms with Crippen LogP contribution in [0.3, 0.4) is 0 Å². The van der Waals surface area contributed by atoms with Gasteiger partial charge in [0.05, 0.1) is 18.0 Å². The molecule has 0 saturated heterocycles. The van der Waals surface area contributed by atoms with Crippen molar-refractivity contribution < 1.29 is 9.21 Å². The minimum Gasteiger partial charge on any atom is -0.465 e. The zero-order valence-electron chi connectivity index (χ0n) is 13.5. The predicted octanol–water partition coefficient (Wildman–Crippen LogP) is 3.09. The summed E-state index contributed by atoms with van der Waals surface area (Å²) >= 11 is 0. The lowest BCUT2D eigenvalue weighted by atomic mass is 10.1. The molecule has 2 heterocycles. The molecule has 2 aromatic heterocycles. The SMILES string of the molecule is C[C@H](c1ccc(-n2cncn2)cc1)N(C)C(=O)/C=C/c1ccco1. The van der Waals surface area contributed by atoms with E-state index in [0.29, 0.717) is 5.76 Å². The number of likely N-dealkylation sites (N-methyl/N-ethyl adjacent to an activating group) is 1. The smallest absolute Gasteiger partial charge is 0.246 e. The second-order valence-electron chi connectivity index (χ2n) is 5.41. The molecule has 1 aromatic carbocycles. The molecule has 0 aliphatic rings. The van der Waals surface area contributed by atoms with E-state index in [0.717, 1.165) is 11.3 Å². The molecule has 0 aliphatic heterocycles. The summed E-state index contributed by atoms with van der Waals surface area (Å²) in [5.74, 6) is 0.570. The van der Waals surface area contributed by atoms with Crippen molar-refractivity contribution >= 4 is 12.0 Å². The maximum absolute atomic E-state index is 12.3. The molecule has 0 bridgehead atoms. The van der Waals surface area contributed by atoms with Crippen LogP contribution in [0.1, 0.15) is 24.3 Å². The third-order valence-corrected chi connectivity index (χ3v) is 3.92. The number of benzene rings is 1. The fourth-order valence-electron chi connectivity index (χ4n) is 2.32. The zero-order chi connectivity index (χ0) is 16.9. The number of furan rings is 1. The number of hydrogen-bond acceptors (Lipinski definition) is 4. The van der Waals surface area contributed by atoms with Gasteiger partial charge in [-0.2, -0.15) is 5.10 Å². The summed E-state index contributed by atoms with van der Waals surface area (Å²) in [5.41, 5.74) is 1.97. The second-order valence-corrected chi connectivity index (χ2v) is 5.41. The molecule has 0 radical (unpaired) electrons. The molecular formula is C18H18N4O2. The van der Waals surface area contributed by atoms with Crippen molar-refractivity contribution in [2.24, 2.45) is 0 Å². The minimum atomic E-state index is -0.0840. The number of amides is 1. The second kappa shape index (κ2) is 6.95. The van der Waals surface area contributed by atoms with Crippen LogP contribution in [-0.4, -0.2) is 32.6 Å². The summed E-state index contributed by atoms with van der Waals surface area (Å²) in [6.45, 7) is 1.99. The Hall–Kier alpha value is -3.15. The highest BCUT2D eigenvalue weighted by molar-refractivity contribution is 5.91. The van der Waals surface area contributed by atoms with Crippen LogP contribution in [0.5, 0.6) is 0 Å². The molecule has 0 unspecified atom stereocenters. The van der Waals surface area contributed by atoms with Crippen LogP contribution in [-0.2, 0) is 4.79 Å². The van der Waals surface area contributed by atoms with Gasteiger partial charge in [0.2, 0.25) is 5.91 Å². The molecule has 0 aliphatic carbocycles. The van der Waals surface area contributed by atoms with Gasteiger partial charge in [-0.1, -0.05) is 12.1 Å². The van der Waals surface area contributed by atoms with Gasteiger partial charge in [0.1, 0.15) is 18.4 Å². The number of carbonyl (C=O) groups excluding carboxylic acids is 1. The molecule has 6 heteroatoms. The topological polar surface area (TPSA) is 64.2 Å². The lowest BCUT2D eigenvalue weighted by molar-refractivity contribution is -0.126. The molecule has 0 N–H and O–H groups in total. The fraction of sp³-hybridized carbons (Fsp3) is 0.167. The summed E-state index contributed by atoms with van der Waals surface area (Å²) in [5, 5.41) is 4.10. The highest BCUT2D eigenvalue weighted by Crippen LogP contribution is 2.20. The standard InChI is InChI=1S/C18H18N4O2/c1-14(21(2)18(23)10-9-17-4-3-11-24-17)15-5-7-16(8-6-15)22-13-19-12-20-22/h3-14H,1-2H3/b10-9+/t14-/m1/s1. The molecule has 3 aromatic rings. The first kappa shape index (κ1) is 15.7. The zero-order valence-corrected chi connectivity index (χ0v) is 13.5. The van der Waals surface area contributed by atoms with Gasteiger partial charge >= 0.3 is 0 Å². The van der Waals surface area contributed by atoms with Gasteiger partial charge in [0, 0.05) is 13.1 Å². The Labute approximate surface area is 140 Å². The summed E-state index contributed by atoms with van der Waals surface area (Å²) in [6, 6.07) is 11.4. The fourth-order valence-corrected chi connectivity index (χ4v) is 2.32. The molecule has 1 amide bonds. The molecule has 6 nitrogen and oxygen atoms in total. The van der Waals surface area contributed by atoms with E-state index in [1.54, 1.807) is 47.4 Å². The number of hydrogen-bond donors (Lipinski definition) is 0. The normalized spacial score (nSPS) is 12.4. The molecule has 0 saturated carbocycles. The summed E-state index contributed by atoms with van der Waals surface area (Å²) in [4.78, 5) is 17.9. The molecule has 3 rings (SSSR count). The minimum absolute atomic E-state index is 0.0523. The summed E-state index contributed by atoms with van der Waals surface area (Å²) in [6.07, 6.45) is 7.90. The third-order valence-electron chi connectivity index (χ3n) is 3.92. The number of rotatable bonds is 5. The first-order valence-corrected chi connectivity index (χ1v) is 7.58. The number of carbonyl (C=O) groups is 1. The van der Waals surface area contributed by atoms with Crippen LogP contribution in [0.15, 0.2) is 65.8 Å². The van der Waals surface area contributed by atoms with Gasteiger partial charge in [0.15, 0.2) is 0 Å². The average molecular weight is 322 g/mol. The Morgan fingerprint density at radius 2 is 2.08 bits per heavy atom. The first-order valence-electron chi connectivity index (χ1n) is 7.58. The highest BCUT2D eigenvalue weighted by Gasteiger charge is 2.15. The van der Waals surface area contributed by atoms with Crippen molar-refractivity contribution in [2.45, 2.75) is 13.0 Å². The average Bonchev–Trinajstić information content (AvgIpc) is 3.32. The van der Waals surface area contributed by atoms with Crippen LogP contribution < -0.4 is 0 Å². The van der Waals surface area contributed by atoms with Crippen LogP contribution >= 0.6 is 0 Å². The van der Waals surface area contributed by atoms with Gasteiger partial charge < -0.3 is 9.32 Å². The van der Waals surface area contributed by atoms with E-state index >= 15 is 0 Å². The lowest BCUT2D eigenvalue weighted by Crippen LogP contribution is -2.27. The van der Waals surface area contributed by atoms with Gasteiger partial charge in [-0.05, 0) is 42.8 Å². The van der Waals surface area contributed by atoms with E-state index in [2.05, 4.69) is 10.1 Å². The Bertz CT molecular complexity index is 805. The van der Waals surface area contributed by atoms with E-state index in [4.69, 9.17) is 4.42 Å². The summed E-state index contributed by atoms with van der Waals surface area (Å²) in [7, 11) is 1.78. The van der Waals surface area contributed by atoms with Gasteiger partial charge in [-0.15, -0.1) is 0 Å². The van der Waals surface area contributed by atoms with Gasteiger partial charge in [-0.3, -0.25) is 4.79 Å². The van der Waals surface area contributed by atoms with E-state index in [9.17, 15) is 4.79 Å². The number of nitrogens with zero attached hydrogens (tertiary/aromatic N) is 4. The Balaban J connectivity index is 1.68. The van der Waals surface area contributed by atoms with Crippen molar-refractivity contribution in [2.75, 3.05) is 7.05 Å². The monoisotopic (exact) mass is 322 g/mol. The molecule has 0 spiro atoms. The maximum Gasteiger partial charge on any atom is 0.246 e. The van der Waals surface area contributed by atoms with Crippen molar-refractivity contribution in [1.82, 2.24) is 19.7 Å². The van der Waals surface area contributed by atoms with Crippen molar-refractivity contribution in [3.63, 3.8) is 0 Å². The predicted molar refractivity (Wildman–Crippen MR) is 90.3 cm³/mol. The van der Waals surface area contributed by atoms with E-state index in [-0.39, 0.29) is 11.9 Å². The Kier molecular flexibility index (Phi) is 4.56. The largest absolute Gasteiger partial charge is 0.465 e. The summed E-state index contributed by atoms with van der Waals surface area (Å²) < 4.78 is 6.88. The first-order chi connectivity index (χ1) is 11.6. The quantitative estimate of drug-likeness (QED) is 0.677. The van der Waals surface area contributed by atoms with E-state index in [1.807, 2.05) is 31.2 Å². The van der Waals surface area contributed by atoms with Crippen LogP contribution in [0.25, 0.3) is 11.8 Å². The maximum atomic E-state index is 12.3. The highest BCUT2D eigenvalue weighted by atomic mass is 16.3. The number of aromatic nitrogens is 3. The van der Waals surface area contributed by atoms with Crippen LogP contribution in [0, 0.1) is 0 Å². The molecule has 122 valence electrons. The lowest BCUT2D eigenvalue weighted by Gasteiger charge is -2.24. The Morgan fingerprint density at radius 3 is 2.71 bits per heavy atom. The molecule has 1 atom stereocenters. The Morgan fingerprint density at radius 1 is 1.29 bits per heavy atom.